The average Bonchev–Trinajstić information content (AvgIpc) is 1.85. The van der Waals surface area contributed by atoms with Crippen LogP contribution in [-0.4, -0.2) is 11.7 Å². The van der Waals surface area contributed by atoms with Gasteiger partial charge in [-0.25, -0.2) is 0 Å². The maximum Gasteiger partial charge on any atom is 1.00 e. The molecule has 10 heteroatoms. The Balaban J connectivity index is -0.0000000651. The summed E-state index contributed by atoms with van der Waals surface area (Å²) in [6, 6.07) is 0. The summed E-state index contributed by atoms with van der Waals surface area (Å²) in [5, 5.41) is 8.14. The smallest absolute Gasteiger partial charge is 0.563 e. The van der Waals surface area contributed by atoms with Crippen LogP contribution in [0, 0.1) is 5.92 Å². The molecule has 0 aromatic heterocycles. The number of rotatable bonds is 3. The zero-order valence-corrected chi connectivity index (χ0v) is 16.7. The Hall–Kier alpha value is 3.31. The van der Waals surface area contributed by atoms with E-state index in [4.69, 9.17) is 5.11 Å². The van der Waals surface area contributed by atoms with E-state index in [-0.39, 0.29) is 103 Å². The molecule has 0 rings (SSSR count). The summed E-state index contributed by atoms with van der Waals surface area (Å²) >= 11 is 0. The van der Waals surface area contributed by atoms with E-state index in [9.17, 15) is 18.9 Å². The van der Waals surface area contributed by atoms with Crippen LogP contribution in [0.2, 0.25) is 0 Å². The largest absolute Gasteiger partial charge is 1.00 e. The fraction of sp³-hybridized carbons (Fsp3) is 1.00. The van der Waals surface area contributed by atoms with Crippen LogP contribution in [0.25, 0.3) is 0 Å². The van der Waals surface area contributed by atoms with Gasteiger partial charge in [-0.15, -0.1) is 0 Å². The van der Waals surface area contributed by atoms with Crippen molar-refractivity contribution in [3.05, 3.63) is 0 Å². The monoisotopic (exact) mass is 294 g/mol. The molecule has 0 spiro atoms. The molecule has 0 amide bonds. The van der Waals surface area contributed by atoms with Crippen LogP contribution in [0.15, 0.2) is 0 Å². The second-order valence-corrected chi connectivity index (χ2v) is 3.65. The van der Waals surface area contributed by atoms with Crippen molar-refractivity contribution in [1.29, 1.82) is 0 Å². The summed E-state index contributed by atoms with van der Waals surface area (Å²) in [6.07, 6.45) is 0. The number of hydrogen-bond acceptors (Lipinski definition) is 6. The Kier molecular flexibility index (Phi) is 34.7. The van der Waals surface area contributed by atoms with Crippen LogP contribution < -0.4 is 113 Å². The fourth-order valence-corrected chi connectivity index (χ4v) is 0.490. The molecule has 0 aliphatic rings. The summed E-state index contributed by atoms with van der Waals surface area (Å²) in [5.41, 5.74) is 0. The molecule has 0 heterocycles. The molecule has 14 heavy (non-hydrogen) atoms. The maximum absolute atomic E-state index is 9.24. The van der Waals surface area contributed by atoms with Crippen molar-refractivity contribution in [2.45, 2.75) is 13.8 Å². The molecule has 2 unspecified atom stereocenters. The molecule has 0 aromatic carbocycles. The van der Waals surface area contributed by atoms with Gasteiger partial charge in [-0.2, -0.15) is 0 Å². The van der Waals surface area contributed by atoms with Gasteiger partial charge in [0.1, 0.15) is 4.31 Å². The van der Waals surface area contributed by atoms with Gasteiger partial charge in [0.25, 0.3) is 0 Å². The van der Waals surface area contributed by atoms with Crippen LogP contribution in [0.5, 0.6) is 0 Å². The first-order valence-electron chi connectivity index (χ1n) is 2.97. The summed E-state index contributed by atoms with van der Waals surface area (Å²) < 4.78 is 21.6. The molecule has 0 saturated heterocycles. The first-order chi connectivity index (χ1) is 5.40. The van der Waals surface area contributed by atoms with Crippen molar-refractivity contribution >= 4 is 16.5 Å². The van der Waals surface area contributed by atoms with E-state index in [0.29, 0.717) is 12.5 Å². The minimum atomic E-state index is -3.24. The molecule has 0 aliphatic heterocycles. The zero-order chi connectivity index (χ0) is 10.1. The van der Waals surface area contributed by atoms with E-state index in [0.717, 1.165) is 0 Å². The van der Waals surface area contributed by atoms with E-state index in [1.54, 1.807) is 0 Å². The molecule has 0 fully saturated rings. The van der Waals surface area contributed by atoms with Crippen LogP contribution in [-0.2, 0) is 13.4 Å². The Morgan fingerprint density at radius 2 is 1.43 bits per heavy atom. The molecule has 0 aromatic rings. The average molecular weight is 294 g/mol. The third-order valence-electron chi connectivity index (χ3n) is 0.498. The molecule has 6 nitrogen and oxygen atoms in total. The maximum atomic E-state index is 9.24. The van der Waals surface area contributed by atoms with Crippen LogP contribution in [0.3, 0.4) is 0 Å². The zero-order valence-electron chi connectivity index (χ0n) is 8.67. The van der Waals surface area contributed by atoms with Crippen LogP contribution in [0.4, 0.5) is 0 Å². The molecule has 1 N–H and O–H groups in total. The van der Waals surface area contributed by atoms with E-state index in [1.165, 1.54) is 0 Å². The summed E-state index contributed by atoms with van der Waals surface area (Å²) in [5.74, 6) is 0.440. The summed E-state index contributed by atoms with van der Waals surface area (Å²) in [6.45, 7) is 4.25. The molecular formula is C4H10K2O6P2+2. The van der Waals surface area contributed by atoms with E-state index >= 15 is 0 Å². The predicted molar refractivity (Wildman–Crippen MR) is 38.2 cm³/mol. The third kappa shape index (κ3) is 36.2. The second kappa shape index (κ2) is 18.7. The topological polar surface area (TPSA) is 110 Å². The van der Waals surface area contributed by atoms with Crippen molar-refractivity contribution in [3.63, 3.8) is 0 Å². The normalized spacial score (nSPS) is 10.1. The first-order valence-corrected chi connectivity index (χ1v) is 5.17. The van der Waals surface area contributed by atoms with Gasteiger partial charge in [-0.1, -0.05) is 13.8 Å². The van der Waals surface area contributed by atoms with Gasteiger partial charge in [0.15, 0.2) is 0 Å². The Labute approximate surface area is 170 Å². The first kappa shape index (κ1) is 26.0. The van der Waals surface area contributed by atoms with E-state index in [1.807, 2.05) is 13.8 Å². The van der Waals surface area contributed by atoms with Crippen molar-refractivity contribution in [3.8, 4) is 0 Å². The van der Waals surface area contributed by atoms with Gasteiger partial charge in [0.2, 0.25) is 0 Å². The van der Waals surface area contributed by atoms with Crippen molar-refractivity contribution in [2.75, 3.05) is 6.61 Å². The van der Waals surface area contributed by atoms with Crippen molar-refractivity contribution < 1.29 is 131 Å². The molecule has 0 bridgehead atoms. The molecule has 0 radical (unpaired) electrons. The van der Waals surface area contributed by atoms with Gasteiger partial charge in [-0.3, -0.25) is 0 Å². The quantitative estimate of drug-likeness (QED) is 0.409. The minimum absolute atomic E-state index is 0. The van der Waals surface area contributed by atoms with Gasteiger partial charge in [0.05, 0.1) is 0 Å². The van der Waals surface area contributed by atoms with Gasteiger partial charge in [-0.05, 0) is 15.0 Å². The molecule has 2 atom stereocenters. The Morgan fingerprint density at radius 1 is 1.21 bits per heavy atom. The van der Waals surface area contributed by atoms with Gasteiger partial charge >= 0.3 is 119 Å². The molecular weight excluding hydrogens is 284 g/mol. The Morgan fingerprint density at radius 3 is 1.43 bits per heavy atom. The van der Waals surface area contributed by atoms with Gasteiger partial charge < -0.3 is 14.9 Å². The van der Waals surface area contributed by atoms with E-state index in [2.05, 4.69) is 4.31 Å². The number of aliphatic hydroxyl groups excluding tert-OH is 1. The van der Waals surface area contributed by atoms with Crippen LogP contribution >= 0.6 is 16.5 Å². The summed E-state index contributed by atoms with van der Waals surface area (Å²) in [7, 11) is -6.47. The van der Waals surface area contributed by atoms with Crippen molar-refractivity contribution in [2.24, 2.45) is 5.92 Å². The second-order valence-electron chi connectivity index (χ2n) is 2.11. The molecule has 72 valence electrons. The molecule has 0 aliphatic carbocycles. The summed E-state index contributed by atoms with van der Waals surface area (Å²) in [4.78, 5) is 18.5. The van der Waals surface area contributed by atoms with Crippen molar-refractivity contribution in [1.82, 2.24) is 0 Å². The van der Waals surface area contributed by atoms with Crippen LogP contribution in [0.1, 0.15) is 13.8 Å². The fourth-order valence-electron chi connectivity index (χ4n) is 0.0544. The number of aliphatic hydroxyl groups is 1. The Bertz CT molecular complexity index is 143. The minimum Gasteiger partial charge on any atom is -0.563 e. The molecule has 0 saturated carbocycles. The number of hydrogen-bond donors (Lipinski definition) is 1. The van der Waals surface area contributed by atoms with E-state index < -0.39 is 16.5 Å². The third-order valence-corrected chi connectivity index (χ3v) is 1.57. The predicted octanol–water partition coefficient (Wildman–Crippen LogP) is -6.32. The SMILES string of the molecule is CC(C)CO.O=[P+]([O-])O[P+](=O)[O-].[K+].[K+]. The van der Waals surface area contributed by atoms with Gasteiger partial charge in [0, 0.05) is 6.61 Å². The standard InChI is InChI=1S/C4H10O.2K.O5P2/c1-4(2)3-5;;;1-6(2)5-7(3)4/h4-5H,3H2,1-2H3;;;/q;2*+1;.